The summed E-state index contributed by atoms with van der Waals surface area (Å²) >= 11 is 0. The van der Waals surface area contributed by atoms with Gasteiger partial charge in [-0.05, 0) is 24.5 Å². The first-order chi connectivity index (χ1) is 14.2. The minimum atomic E-state index is 0.655. The Bertz CT molecular complexity index is 656. The van der Waals surface area contributed by atoms with Crippen LogP contribution in [0.25, 0.3) is 11.0 Å². The molecule has 0 saturated heterocycles. The third-order valence-electron chi connectivity index (χ3n) is 6.06. The number of fused-ring (bicyclic) bond motifs is 1. The molecular formula is C27H46N2. The molecule has 0 unspecified atom stereocenters. The normalized spacial score (nSPS) is 11.7. The van der Waals surface area contributed by atoms with Gasteiger partial charge < -0.3 is 4.57 Å². The summed E-state index contributed by atoms with van der Waals surface area (Å²) in [7, 11) is 0. The fraction of sp³-hybridized carbons (Fsp3) is 0.741. The van der Waals surface area contributed by atoms with Crippen molar-refractivity contribution in [2.75, 3.05) is 0 Å². The summed E-state index contributed by atoms with van der Waals surface area (Å²) in [6.45, 7) is 8.00. The van der Waals surface area contributed by atoms with Crippen LogP contribution in [0.1, 0.15) is 116 Å². The van der Waals surface area contributed by atoms with Crippen molar-refractivity contribution in [3.63, 3.8) is 0 Å². The van der Waals surface area contributed by atoms with Crippen molar-refractivity contribution in [2.45, 2.75) is 124 Å². The summed E-state index contributed by atoms with van der Waals surface area (Å²) in [4.78, 5) is 4.90. The first-order valence-electron chi connectivity index (χ1n) is 12.7. The zero-order valence-corrected chi connectivity index (χ0v) is 19.6. The second kappa shape index (κ2) is 14.6. The van der Waals surface area contributed by atoms with Crippen LogP contribution in [0.4, 0.5) is 0 Å². The van der Waals surface area contributed by atoms with Gasteiger partial charge in [-0.1, -0.05) is 116 Å². The van der Waals surface area contributed by atoms with Gasteiger partial charge in [0.05, 0.1) is 11.0 Å². The number of para-hydroxylation sites is 2. The predicted octanol–water partition coefficient (Wildman–Crippen LogP) is 8.72. The number of nitrogens with zero attached hydrogens (tertiary/aromatic N) is 2. The molecule has 0 aliphatic rings. The highest BCUT2D eigenvalue weighted by Crippen LogP contribution is 2.20. The van der Waals surface area contributed by atoms with Gasteiger partial charge in [-0.15, -0.1) is 0 Å². The highest BCUT2D eigenvalue weighted by atomic mass is 15.1. The maximum absolute atomic E-state index is 4.90. The molecule has 164 valence electrons. The van der Waals surface area contributed by atoms with Gasteiger partial charge in [0, 0.05) is 13.0 Å². The predicted molar refractivity (Wildman–Crippen MR) is 129 cm³/mol. The van der Waals surface area contributed by atoms with Crippen LogP contribution in [0.3, 0.4) is 0 Å². The van der Waals surface area contributed by atoms with Crippen molar-refractivity contribution in [1.29, 1.82) is 0 Å². The van der Waals surface area contributed by atoms with E-state index < -0.39 is 0 Å². The minimum Gasteiger partial charge on any atom is -0.328 e. The van der Waals surface area contributed by atoms with Gasteiger partial charge in [-0.2, -0.15) is 0 Å². The van der Waals surface area contributed by atoms with Gasteiger partial charge in [-0.3, -0.25) is 0 Å². The van der Waals surface area contributed by atoms with E-state index in [1.165, 1.54) is 101 Å². The Hall–Kier alpha value is -1.31. The average Bonchev–Trinajstić information content (AvgIpc) is 3.04. The van der Waals surface area contributed by atoms with Crippen LogP contribution in [0, 0.1) is 5.92 Å². The van der Waals surface area contributed by atoms with Crippen molar-refractivity contribution in [3.8, 4) is 0 Å². The molecule has 1 aromatic carbocycles. The second-order valence-corrected chi connectivity index (χ2v) is 9.36. The number of hydrogen-bond acceptors (Lipinski definition) is 1. The summed E-state index contributed by atoms with van der Waals surface area (Å²) in [5.74, 6) is 1.93. The van der Waals surface area contributed by atoms with E-state index in [1.54, 1.807) is 0 Å². The molecule has 2 aromatic rings. The fourth-order valence-corrected chi connectivity index (χ4v) is 4.36. The lowest BCUT2D eigenvalue weighted by Crippen LogP contribution is -2.07. The van der Waals surface area contributed by atoms with Crippen molar-refractivity contribution in [3.05, 3.63) is 30.1 Å². The Kier molecular flexibility index (Phi) is 12.1. The molecule has 0 bridgehead atoms. The highest BCUT2D eigenvalue weighted by molar-refractivity contribution is 5.75. The molecule has 0 atom stereocenters. The molecule has 2 rings (SSSR count). The minimum absolute atomic E-state index is 0.655. The summed E-state index contributed by atoms with van der Waals surface area (Å²) in [5, 5.41) is 0. The Morgan fingerprint density at radius 2 is 1.24 bits per heavy atom. The highest BCUT2D eigenvalue weighted by Gasteiger charge is 2.11. The zero-order chi connectivity index (χ0) is 20.7. The van der Waals surface area contributed by atoms with E-state index >= 15 is 0 Å². The fourth-order valence-electron chi connectivity index (χ4n) is 4.36. The number of imidazole rings is 1. The van der Waals surface area contributed by atoms with Gasteiger partial charge in [-0.25, -0.2) is 4.98 Å². The molecule has 0 amide bonds. The zero-order valence-electron chi connectivity index (χ0n) is 19.6. The SMILES string of the molecule is CCCCCCCCCCCCCCCCn1c(CC(C)C)nc2ccccc21. The van der Waals surface area contributed by atoms with Gasteiger partial charge in [0.2, 0.25) is 0 Å². The molecule has 0 fully saturated rings. The summed E-state index contributed by atoms with van der Waals surface area (Å²) in [6, 6.07) is 8.63. The smallest absolute Gasteiger partial charge is 0.110 e. The maximum Gasteiger partial charge on any atom is 0.110 e. The van der Waals surface area contributed by atoms with Crippen LogP contribution in [0.5, 0.6) is 0 Å². The van der Waals surface area contributed by atoms with E-state index in [1.807, 2.05) is 0 Å². The Labute approximate surface area is 180 Å². The van der Waals surface area contributed by atoms with Gasteiger partial charge in [0.25, 0.3) is 0 Å². The molecule has 0 N–H and O–H groups in total. The molecule has 2 heteroatoms. The summed E-state index contributed by atoms with van der Waals surface area (Å²) in [5.41, 5.74) is 2.48. The topological polar surface area (TPSA) is 17.8 Å². The van der Waals surface area contributed by atoms with Crippen molar-refractivity contribution < 1.29 is 0 Å². The van der Waals surface area contributed by atoms with Crippen LogP contribution in [0.2, 0.25) is 0 Å². The van der Waals surface area contributed by atoms with E-state index in [-0.39, 0.29) is 0 Å². The van der Waals surface area contributed by atoms with Crippen LogP contribution in [0.15, 0.2) is 24.3 Å². The largest absolute Gasteiger partial charge is 0.328 e. The molecule has 0 aliphatic heterocycles. The van der Waals surface area contributed by atoms with Crippen molar-refractivity contribution in [2.24, 2.45) is 5.92 Å². The Morgan fingerprint density at radius 3 is 1.79 bits per heavy atom. The van der Waals surface area contributed by atoms with Crippen molar-refractivity contribution in [1.82, 2.24) is 9.55 Å². The molecular weight excluding hydrogens is 352 g/mol. The standard InChI is InChI=1S/C27H46N2/c1-4-5-6-7-8-9-10-11-12-13-14-15-16-19-22-29-26-21-18-17-20-25(26)28-27(29)23-24(2)3/h17-18,20-21,24H,4-16,19,22-23H2,1-3H3. The number of aromatic nitrogens is 2. The number of benzene rings is 1. The third-order valence-corrected chi connectivity index (χ3v) is 6.06. The van der Waals surface area contributed by atoms with Gasteiger partial charge in [0.15, 0.2) is 0 Å². The van der Waals surface area contributed by atoms with E-state index in [0.29, 0.717) is 5.92 Å². The lowest BCUT2D eigenvalue weighted by molar-refractivity contribution is 0.516. The molecule has 2 nitrogen and oxygen atoms in total. The number of aryl methyl sites for hydroxylation is 1. The molecule has 0 aliphatic carbocycles. The summed E-state index contributed by atoms with van der Waals surface area (Å²) < 4.78 is 2.48. The number of hydrogen-bond donors (Lipinski definition) is 0. The van der Waals surface area contributed by atoms with Gasteiger partial charge >= 0.3 is 0 Å². The molecule has 0 spiro atoms. The monoisotopic (exact) mass is 398 g/mol. The summed E-state index contributed by atoms with van der Waals surface area (Å²) in [6.07, 6.45) is 20.9. The van der Waals surface area contributed by atoms with Crippen LogP contribution in [-0.4, -0.2) is 9.55 Å². The van der Waals surface area contributed by atoms with Crippen LogP contribution < -0.4 is 0 Å². The first-order valence-corrected chi connectivity index (χ1v) is 12.7. The van der Waals surface area contributed by atoms with E-state index in [0.717, 1.165) is 18.5 Å². The lowest BCUT2D eigenvalue weighted by Gasteiger charge is -2.11. The second-order valence-electron chi connectivity index (χ2n) is 9.36. The Morgan fingerprint density at radius 1 is 0.724 bits per heavy atom. The third kappa shape index (κ3) is 9.36. The molecule has 0 saturated carbocycles. The maximum atomic E-state index is 4.90. The van der Waals surface area contributed by atoms with E-state index in [9.17, 15) is 0 Å². The van der Waals surface area contributed by atoms with E-state index in [2.05, 4.69) is 49.6 Å². The lowest BCUT2D eigenvalue weighted by atomic mass is 10.0. The van der Waals surface area contributed by atoms with Crippen LogP contribution in [-0.2, 0) is 13.0 Å². The molecule has 1 aromatic heterocycles. The first kappa shape index (κ1) is 24.0. The number of unbranched alkanes of at least 4 members (excludes halogenated alkanes) is 13. The molecule has 29 heavy (non-hydrogen) atoms. The molecule has 0 radical (unpaired) electrons. The quantitative estimate of drug-likeness (QED) is 0.244. The van der Waals surface area contributed by atoms with E-state index in [4.69, 9.17) is 4.98 Å². The average molecular weight is 399 g/mol. The molecule has 1 heterocycles. The van der Waals surface area contributed by atoms with Crippen LogP contribution >= 0.6 is 0 Å². The van der Waals surface area contributed by atoms with Crippen molar-refractivity contribution >= 4 is 11.0 Å². The number of rotatable bonds is 17. The van der Waals surface area contributed by atoms with Gasteiger partial charge in [0.1, 0.15) is 5.82 Å². The Balaban J connectivity index is 1.55.